The second-order valence-corrected chi connectivity index (χ2v) is 5.16. The zero-order valence-electron chi connectivity index (χ0n) is 11.8. The van der Waals surface area contributed by atoms with E-state index in [0.29, 0.717) is 12.3 Å². The van der Waals surface area contributed by atoms with Crippen LogP contribution in [0.15, 0.2) is 4.99 Å². The van der Waals surface area contributed by atoms with Gasteiger partial charge in [-0.2, -0.15) is 0 Å². The molecule has 0 aliphatic carbocycles. The predicted octanol–water partition coefficient (Wildman–Crippen LogP) is 3.48. The zero-order valence-corrected chi connectivity index (χ0v) is 11.8. The molecule has 0 spiro atoms. The number of amidine groups is 1. The standard InChI is InChI=1S/C15H28N2O/c1-2-3-4-5-6-7-8-9-10-11-14(18)15-16-12-13-17-15/h2-13H2,1H3,(H,16,17). The summed E-state index contributed by atoms with van der Waals surface area (Å²) in [6, 6.07) is 0. The highest BCUT2D eigenvalue weighted by molar-refractivity contribution is 6.39. The average molecular weight is 252 g/mol. The van der Waals surface area contributed by atoms with Gasteiger partial charge < -0.3 is 5.32 Å². The number of nitrogens with zero attached hydrogens (tertiary/aromatic N) is 1. The van der Waals surface area contributed by atoms with E-state index in [0.717, 1.165) is 19.5 Å². The molecule has 1 aliphatic rings. The highest BCUT2D eigenvalue weighted by Crippen LogP contribution is 2.10. The van der Waals surface area contributed by atoms with Gasteiger partial charge in [0.1, 0.15) is 0 Å². The lowest BCUT2D eigenvalue weighted by Crippen LogP contribution is -2.26. The Bertz CT molecular complexity index is 261. The van der Waals surface area contributed by atoms with Gasteiger partial charge in [0, 0.05) is 13.0 Å². The van der Waals surface area contributed by atoms with Crippen LogP contribution in [-0.4, -0.2) is 24.7 Å². The monoisotopic (exact) mass is 252 g/mol. The molecule has 0 saturated heterocycles. The molecule has 3 nitrogen and oxygen atoms in total. The molecule has 3 heteroatoms. The molecule has 104 valence electrons. The summed E-state index contributed by atoms with van der Waals surface area (Å²) in [4.78, 5) is 15.8. The number of Topliss-reactive ketones (excluding diaryl/α,β-unsaturated/α-hetero) is 1. The number of hydrogen-bond donors (Lipinski definition) is 1. The van der Waals surface area contributed by atoms with Gasteiger partial charge in [-0.3, -0.25) is 9.79 Å². The summed E-state index contributed by atoms with van der Waals surface area (Å²) in [5, 5.41) is 3.04. The van der Waals surface area contributed by atoms with Crippen molar-refractivity contribution >= 4 is 11.6 Å². The smallest absolute Gasteiger partial charge is 0.197 e. The summed E-state index contributed by atoms with van der Waals surface area (Å²) in [7, 11) is 0. The van der Waals surface area contributed by atoms with Crippen LogP contribution in [0.1, 0.15) is 71.1 Å². The molecule has 0 atom stereocenters. The van der Waals surface area contributed by atoms with E-state index in [1.54, 1.807) is 0 Å². The number of ketones is 1. The van der Waals surface area contributed by atoms with Crippen LogP contribution in [0.4, 0.5) is 0 Å². The third-order valence-electron chi connectivity index (χ3n) is 3.45. The third-order valence-corrected chi connectivity index (χ3v) is 3.45. The van der Waals surface area contributed by atoms with Gasteiger partial charge in [0.25, 0.3) is 0 Å². The molecule has 0 bridgehead atoms. The first kappa shape index (κ1) is 15.2. The van der Waals surface area contributed by atoms with Crippen LogP contribution in [-0.2, 0) is 4.79 Å². The number of aliphatic imine (C=N–C) groups is 1. The summed E-state index contributed by atoms with van der Waals surface area (Å²) in [5.74, 6) is 0.824. The van der Waals surface area contributed by atoms with E-state index in [-0.39, 0.29) is 5.78 Å². The molecule has 18 heavy (non-hydrogen) atoms. The zero-order chi connectivity index (χ0) is 13.1. The molecule has 1 heterocycles. The van der Waals surface area contributed by atoms with Crippen molar-refractivity contribution < 1.29 is 4.79 Å². The first-order chi connectivity index (χ1) is 8.84. The molecule has 0 unspecified atom stereocenters. The van der Waals surface area contributed by atoms with Crippen LogP contribution in [0, 0.1) is 0 Å². The van der Waals surface area contributed by atoms with Crippen LogP contribution < -0.4 is 5.32 Å². The van der Waals surface area contributed by atoms with Crippen LogP contribution in [0.5, 0.6) is 0 Å². The molecular formula is C15H28N2O. The Labute approximate surface area is 111 Å². The van der Waals surface area contributed by atoms with Crippen molar-refractivity contribution in [3.63, 3.8) is 0 Å². The normalized spacial score (nSPS) is 14.4. The fraction of sp³-hybridized carbons (Fsp3) is 0.867. The number of hydrogen-bond acceptors (Lipinski definition) is 3. The molecule has 0 radical (unpaired) electrons. The number of rotatable bonds is 11. The molecular weight excluding hydrogens is 224 g/mol. The lowest BCUT2D eigenvalue weighted by molar-refractivity contribution is -0.113. The molecule has 0 aromatic heterocycles. The van der Waals surface area contributed by atoms with Crippen LogP contribution in [0.2, 0.25) is 0 Å². The van der Waals surface area contributed by atoms with Crippen molar-refractivity contribution in [1.82, 2.24) is 5.32 Å². The average Bonchev–Trinajstić information content (AvgIpc) is 2.90. The quantitative estimate of drug-likeness (QED) is 0.572. The van der Waals surface area contributed by atoms with E-state index < -0.39 is 0 Å². The van der Waals surface area contributed by atoms with Crippen molar-refractivity contribution in [3.8, 4) is 0 Å². The maximum absolute atomic E-state index is 11.7. The Morgan fingerprint density at radius 3 is 2.22 bits per heavy atom. The highest BCUT2D eigenvalue weighted by atomic mass is 16.1. The lowest BCUT2D eigenvalue weighted by Gasteiger charge is -2.02. The van der Waals surface area contributed by atoms with Gasteiger partial charge in [0.05, 0.1) is 6.54 Å². The van der Waals surface area contributed by atoms with Gasteiger partial charge in [-0.05, 0) is 6.42 Å². The van der Waals surface area contributed by atoms with Crippen LogP contribution >= 0.6 is 0 Å². The number of nitrogens with one attached hydrogen (secondary N) is 1. The van der Waals surface area contributed by atoms with E-state index in [2.05, 4.69) is 17.2 Å². The summed E-state index contributed by atoms with van der Waals surface area (Å²) in [5.41, 5.74) is 0. The maximum Gasteiger partial charge on any atom is 0.197 e. The van der Waals surface area contributed by atoms with Gasteiger partial charge in [-0.15, -0.1) is 0 Å². The first-order valence-electron chi connectivity index (χ1n) is 7.66. The van der Waals surface area contributed by atoms with Gasteiger partial charge in [0.2, 0.25) is 0 Å². The van der Waals surface area contributed by atoms with Crippen molar-refractivity contribution in [2.24, 2.45) is 4.99 Å². The Kier molecular flexibility index (Phi) is 8.53. The molecule has 0 saturated carbocycles. The molecule has 0 fully saturated rings. The number of unbranched alkanes of at least 4 members (excludes halogenated alkanes) is 8. The molecule has 1 aliphatic heterocycles. The summed E-state index contributed by atoms with van der Waals surface area (Å²) >= 11 is 0. The molecule has 0 amide bonds. The number of carbonyl (C=O) groups is 1. The second kappa shape index (κ2) is 10.1. The SMILES string of the molecule is CCCCCCCCCCCC(=O)C1=NCCN1. The Hall–Kier alpha value is -0.860. The van der Waals surface area contributed by atoms with Crippen molar-refractivity contribution in [2.45, 2.75) is 71.1 Å². The Balaban J connectivity index is 1.85. The van der Waals surface area contributed by atoms with Crippen molar-refractivity contribution in [1.29, 1.82) is 0 Å². The van der Waals surface area contributed by atoms with Crippen LogP contribution in [0.25, 0.3) is 0 Å². The van der Waals surface area contributed by atoms with E-state index in [1.807, 2.05) is 0 Å². The van der Waals surface area contributed by atoms with Gasteiger partial charge >= 0.3 is 0 Å². The topological polar surface area (TPSA) is 41.5 Å². The van der Waals surface area contributed by atoms with Crippen LogP contribution in [0.3, 0.4) is 0 Å². The second-order valence-electron chi connectivity index (χ2n) is 5.16. The maximum atomic E-state index is 11.7. The first-order valence-corrected chi connectivity index (χ1v) is 7.66. The van der Waals surface area contributed by atoms with Crippen molar-refractivity contribution in [3.05, 3.63) is 0 Å². The minimum atomic E-state index is 0.204. The largest absolute Gasteiger partial charge is 0.366 e. The molecule has 1 rings (SSSR count). The van der Waals surface area contributed by atoms with Gasteiger partial charge in [-0.1, -0.05) is 58.3 Å². The fourth-order valence-corrected chi connectivity index (χ4v) is 2.30. The predicted molar refractivity (Wildman–Crippen MR) is 77.2 cm³/mol. The summed E-state index contributed by atoms with van der Waals surface area (Å²) in [6.45, 7) is 3.85. The Morgan fingerprint density at radius 2 is 1.67 bits per heavy atom. The van der Waals surface area contributed by atoms with Crippen molar-refractivity contribution in [2.75, 3.05) is 13.1 Å². The molecule has 0 aromatic carbocycles. The minimum absolute atomic E-state index is 0.204. The highest BCUT2D eigenvalue weighted by Gasteiger charge is 2.13. The molecule has 1 N–H and O–H groups in total. The third kappa shape index (κ3) is 6.77. The summed E-state index contributed by atoms with van der Waals surface area (Å²) in [6.07, 6.45) is 12.3. The summed E-state index contributed by atoms with van der Waals surface area (Å²) < 4.78 is 0. The van der Waals surface area contributed by atoms with E-state index >= 15 is 0 Å². The number of carbonyl (C=O) groups excluding carboxylic acids is 1. The Morgan fingerprint density at radius 1 is 1.06 bits per heavy atom. The van der Waals surface area contributed by atoms with E-state index in [1.165, 1.54) is 51.4 Å². The minimum Gasteiger partial charge on any atom is -0.366 e. The molecule has 0 aromatic rings. The fourth-order valence-electron chi connectivity index (χ4n) is 2.30. The van der Waals surface area contributed by atoms with Gasteiger partial charge in [0.15, 0.2) is 11.6 Å². The lowest BCUT2D eigenvalue weighted by atomic mass is 10.1. The van der Waals surface area contributed by atoms with Gasteiger partial charge in [-0.25, -0.2) is 0 Å². The van der Waals surface area contributed by atoms with E-state index in [4.69, 9.17) is 0 Å². The van der Waals surface area contributed by atoms with E-state index in [9.17, 15) is 4.79 Å².